The summed E-state index contributed by atoms with van der Waals surface area (Å²) in [7, 11) is 0. The van der Waals surface area contributed by atoms with Crippen molar-refractivity contribution in [2.24, 2.45) is 0 Å². The van der Waals surface area contributed by atoms with Gasteiger partial charge in [0.2, 0.25) is 0 Å². The molecule has 0 saturated heterocycles. The molecular weight excluding hydrogens is 543 g/mol. The second kappa shape index (κ2) is 9.49. The lowest BCUT2D eigenvalue weighted by atomic mass is 9.33. The third-order valence-corrected chi connectivity index (χ3v) is 11.0. The van der Waals surface area contributed by atoms with E-state index in [0.717, 1.165) is 0 Å². The minimum Gasteiger partial charge on any atom is -0.311 e. The van der Waals surface area contributed by atoms with Gasteiger partial charge >= 0.3 is 0 Å². The molecule has 1 fully saturated rings. The SMILES string of the molecule is c1ccc(N2c3ccccc3B3c4ccccc4N(c4cccc5c4-c4ccccc4C54CCCCC4)c4cccc2c43)cc1. The van der Waals surface area contributed by atoms with E-state index in [2.05, 4.69) is 149 Å². The highest BCUT2D eigenvalue weighted by atomic mass is 15.2. The fourth-order valence-corrected chi connectivity index (χ4v) is 9.32. The molecule has 0 unspecified atom stereocenters. The zero-order valence-corrected chi connectivity index (χ0v) is 25.3. The zero-order chi connectivity index (χ0) is 29.5. The molecule has 1 saturated carbocycles. The summed E-state index contributed by atoms with van der Waals surface area (Å²) in [6.45, 7) is 0.161. The number of nitrogens with zero attached hydrogens (tertiary/aromatic N) is 2. The lowest BCUT2D eigenvalue weighted by molar-refractivity contribution is 0.353. The molecule has 2 heterocycles. The van der Waals surface area contributed by atoms with E-state index >= 15 is 0 Å². The van der Waals surface area contributed by atoms with Gasteiger partial charge in [0.25, 0.3) is 6.71 Å². The number of fused-ring (bicyclic) bond motifs is 9. The van der Waals surface area contributed by atoms with Crippen LogP contribution in [0.4, 0.5) is 34.1 Å². The van der Waals surface area contributed by atoms with E-state index in [-0.39, 0.29) is 12.1 Å². The molecule has 45 heavy (non-hydrogen) atoms. The Balaban J connectivity index is 1.27. The van der Waals surface area contributed by atoms with Crippen molar-refractivity contribution in [2.75, 3.05) is 9.80 Å². The number of benzene rings is 6. The number of hydrogen-bond donors (Lipinski definition) is 0. The Labute approximate surface area is 265 Å². The fourth-order valence-electron chi connectivity index (χ4n) is 9.32. The second-order valence-electron chi connectivity index (χ2n) is 13.2. The second-order valence-corrected chi connectivity index (χ2v) is 13.2. The first-order chi connectivity index (χ1) is 22.4. The van der Waals surface area contributed by atoms with E-state index in [4.69, 9.17) is 0 Å². The van der Waals surface area contributed by atoms with Gasteiger partial charge in [-0.25, -0.2) is 0 Å². The highest BCUT2D eigenvalue weighted by Gasteiger charge is 2.47. The van der Waals surface area contributed by atoms with E-state index in [1.165, 1.54) is 105 Å². The van der Waals surface area contributed by atoms with Crippen LogP contribution >= 0.6 is 0 Å². The van der Waals surface area contributed by atoms with E-state index in [1.807, 2.05) is 0 Å². The molecule has 0 bridgehead atoms. The number of anilines is 6. The first kappa shape index (κ1) is 25.3. The summed E-state index contributed by atoms with van der Waals surface area (Å²) in [5.74, 6) is 0. The Bertz CT molecular complexity index is 2130. The molecule has 6 aromatic carbocycles. The lowest BCUT2D eigenvalue weighted by Crippen LogP contribution is -2.61. The van der Waals surface area contributed by atoms with Crippen molar-refractivity contribution in [1.29, 1.82) is 0 Å². The minimum atomic E-state index is 0.122. The molecule has 1 spiro atoms. The first-order valence-electron chi connectivity index (χ1n) is 16.5. The summed E-state index contributed by atoms with van der Waals surface area (Å²) >= 11 is 0. The highest BCUT2D eigenvalue weighted by molar-refractivity contribution is 7.00. The Morgan fingerprint density at radius 1 is 0.444 bits per heavy atom. The van der Waals surface area contributed by atoms with Gasteiger partial charge in [-0.1, -0.05) is 116 Å². The fraction of sp³-hybridized carbons (Fsp3) is 0.143. The normalized spacial score (nSPS) is 16.5. The maximum atomic E-state index is 2.60. The summed E-state index contributed by atoms with van der Waals surface area (Å²) in [5.41, 5.74) is 17.7. The molecule has 0 atom stereocenters. The van der Waals surface area contributed by atoms with Gasteiger partial charge in [0, 0.05) is 39.4 Å². The molecular formula is C42H33BN2. The van der Waals surface area contributed by atoms with Gasteiger partial charge in [-0.3, -0.25) is 0 Å². The van der Waals surface area contributed by atoms with Crippen LogP contribution in [0.5, 0.6) is 0 Å². The topological polar surface area (TPSA) is 6.48 Å². The third-order valence-electron chi connectivity index (χ3n) is 11.0. The average Bonchev–Trinajstić information content (AvgIpc) is 3.38. The van der Waals surface area contributed by atoms with E-state index in [1.54, 1.807) is 0 Å². The molecule has 6 aromatic rings. The quantitative estimate of drug-likeness (QED) is 0.190. The predicted molar refractivity (Wildman–Crippen MR) is 190 cm³/mol. The molecule has 0 amide bonds. The molecule has 2 aliphatic carbocycles. The molecule has 0 aromatic heterocycles. The van der Waals surface area contributed by atoms with Crippen LogP contribution in [0.15, 0.2) is 140 Å². The van der Waals surface area contributed by atoms with Gasteiger partial charge in [-0.15, -0.1) is 0 Å². The highest BCUT2D eigenvalue weighted by Crippen LogP contribution is 2.59. The summed E-state index contributed by atoms with van der Waals surface area (Å²) in [5, 5.41) is 0. The summed E-state index contributed by atoms with van der Waals surface area (Å²) < 4.78 is 0. The van der Waals surface area contributed by atoms with Crippen molar-refractivity contribution in [2.45, 2.75) is 37.5 Å². The first-order valence-corrected chi connectivity index (χ1v) is 16.5. The molecule has 2 nitrogen and oxygen atoms in total. The Morgan fingerprint density at radius 3 is 1.78 bits per heavy atom. The standard InChI is InChI=1S/C42H33BN2/c1-3-15-29(16-4-1)44-35-22-9-7-20-33(35)43-34-21-8-10-23-36(34)45(39-26-14-25-38(44)41(39)43)37-24-13-19-32-40(37)30-17-5-6-18-31(30)42(32)27-11-2-12-28-42/h1,3-10,13-26H,2,11-12,27-28H2. The molecule has 0 N–H and O–H groups in total. The van der Waals surface area contributed by atoms with Gasteiger partial charge in [0.05, 0.1) is 5.69 Å². The van der Waals surface area contributed by atoms with Crippen LogP contribution in [0.25, 0.3) is 11.1 Å². The van der Waals surface area contributed by atoms with Gasteiger partial charge in [0.1, 0.15) is 0 Å². The predicted octanol–water partition coefficient (Wildman–Crippen LogP) is 9.00. The zero-order valence-electron chi connectivity index (χ0n) is 25.3. The van der Waals surface area contributed by atoms with E-state index in [0.29, 0.717) is 0 Å². The minimum absolute atomic E-state index is 0.122. The molecule has 10 rings (SSSR count). The smallest absolute Gasteiger partial charge is 0.252 e. The largest absolute Gasteiger partial charge is 0.311 e. The number of para-hydroxylation sites is 3. The van der Waals surface area contributed by atoms with Gasteiger partial charge in [-0.2, -0.15) is 0 Å². The number of hydrogen-bond acceptors (Lipinski definition) is 2. The number of rotatable bonds is 2. The van der Waals surface area contributed by atoms with Crippen molar-refractivity contribution in [1.82, 2.24) is 0 Å². The maximum absolute atomic E-state index is 2.60. The molecule has 2 aliphatic heterocycles. The molecule has 3 heteroatoms. The van der Waals surface area contributed by atoms with Crippen molar-refractivity contribution in [3.05, 3.63) is 151 Å². The summed E-state index contributed by atoms with van der Waals surface area (Å²) in [6.07, 6.45) is 6.42. The maximum Gasteiger partial charge on any atom is 0.252 e. The van der Waals surface area contributed by atoms with Gasteiger partial charge in [0.15, 0.2) is 0 Å². The van der Waals surface area contributed by atoms with Crippen LogP contribution in [-0.4, -0.2) is 6.71 Å². The third kappa shape index (κ3) is 3.36. The van der Waals surface area contributed by atoms with Gasteiger partial charge < -0.3 is 9.80 Å². The van der Waals surface area contributed by atoms with Crippen molar-refractivity contribution in [3.63, 3.8) is 0 Å². The molecule has 214 valence electrons. The average molecular weight is 577 g/mol. The summed E-state index contributed by atoms with van der Waals surface area (Å²) in [4.78, 5) is 5.07. The van der Waals surface area contributed by atoms with E-state index in [9.17, 15) is 0 Å². The summed E-state index contributed by atoms with van der Waals surface area (Å²) in [6, 6.07) is 52.4. The Hall–Kier alpha value is -5.02. The van der Waals surface area contributed by atoms with E-state index < -0.39 is 0 Å². The monoisotopic (exact) mass is 576 g/mol. The van der Waals surface area contributed by atoms with Crippen LogP contribution in [0, 0.1) is 0 Å². The van der Waals surface area contributed by atoms with Crippen molar-refractivity contribution < 1.29 is 0 Å². The van der Waals surface area contributed by atoms with Crippen LogP contribution in [0.2, 0.25) is 0 Å². The van der Waals surface area contributed by atoms with Crippen LogP contribution in [0.3, 0.4) is 0 Å². The lowest BCUT2D eigenvalue weighted by Gasteiger charge is -2.44. The molecule has 4 aliphatic rings. The van der Waals surface area contributed by atoms with Crippen molar-refractivity contribution in [3.8, 4) is 11.1 Å². The van der Waals surface area contributed by atoms with Crippen LogP contribution in [0.1, 0.15) is 43.2 Å². The van der Waals surface area contributed by atoms with Gasteiger partial charge in [-0.05, 0) is 88.4 Å². The van der Waals surface area contributed by atoms with Crippen molar-refractivity contribution >= 4 is 57.2 Å². The Kier molecular flexibility index (Phi) is 5.34. The van der Waals surface area contributed by atoms with Crippen LogP contribution in [-0.2, 0) is 5.41 Å². The Morgan fingerprint density at radius 2 is 1.00 bits per heavy atom. The molecule has 0 radical (unpaired) electrons. The van der Waals surface area contributed by atoms with Crippen LogP contribution < -0.4 is 26.2 Å².